The first-order valence-electron chi connectivity index (χ1n) is 5.92. The first kappa shape index (κ1) is 15.9. The van der Waals surface area contributed by atoms with Crippen molar-refractivity contribution in [2.45, 2.75) is 33.6 Å². The Balaban J connectivity index is 4.49. The fourth-order valence-electron chi connectivity index (χ4n) is 1.72. The molecule has 0 aliphatic rings. The van der Waals surface area contributed by atoms with Gasteiger partial charge in [0, 0.05) is 6.54 Å². The van der Waals surface area contributed by atoms with E-state index in [4.69, 9.17) is 10.5 Å². The molecule has 0 rings (SSSR count). The smallest absolute Gasteiger partial charge is 0.312 e. The van der Waals surface area contributed by atoms with Crippen molar-refractivity contribution in [1.82, 2.24) is 4.90 Å². The maximum atomic E-state index is 11.6. The Morgan fingerprint density at radius 2 is 1.94 bits per heavy atom. The monoisotopic (exact) mass is 244 g/mol. The lowest BCUT2D eigenvalue weighted by atomic mass is 9.93. The van der Waals surface area contributed by atoms with Gasteiger partial charge in [0.1, 0.15) is 0 Å². The maximum absolute atomic E-state index is 11.6. The Bertz CT molecular complexity index is 264. The second kappa shape index (κ2) is 7.27. The molecule has 0 aromatic rings. The Morgan fingerprint density at radius 3 is 2.35 bits per heavy atom. The van der Waals surface area contributed by atoms with Crippen LogP contribution in [0.15, 0.2) is 0 Å². The van der Waals surface area contributed by atoms with E-state index < -0.39 is 5.41 Å². The summed E-state index contributed by atoms with van der Waals surface area (Å²) in [5.41, 5.74) is 4.57. The molecule has 0 aromatic heterocycles. The molecule has 0 aromatic carbocycles. The minimum Gasteiger partial charge on any atom is -0.469 e. The molecule has 5 nitrogen and oxygen atoms in total. The van der Waals surface area contributed by atoms with Crippen LogP contribution in [0.2, 0.25) is 0 Å². The molecular formula is C12H24N2O3. The van der Waals surface area contributed by atoms with Gasteiger partial charge in [0.05, 0.1) is 19.1 Å². The first-order valence-corrected chi connectivity index (χ1v) is 5.92. The second-order valence-electron chi connectivity index (χ2n) is 4.91. The molecule has 0 saturated carbocycles. The predicted octanol–water partition coefficient (Wildman–Crippen LogP) is 0.773. The van der Waals surface area contributed by atoms with E-state index in [-0.39, 0.29) is 18.4 Å². The highest BCUT2D eigenvalue weighted by Crippen LogP contribution is 2.19. The zero-order valence-corrected chi connectivity index (χ0v) is 11.3. The summed E-state index contributed by atoms with van der Waals surface area (Å²) in [4.78, 5) is 24.4. The number of carbonyl (C=O) groups excluding carboxylic acids is 2. The van der Waals surface area contributed by atoms with Gasteiger partial charge < -0.3 is 10.5 Å². The minimum atomic E-state index is -0.627. The number of hydrogen-bond donors (Lipinski definition) is 1. The molecule has 0 heterocycles. The third-order valence-electron chi connectivity index (χ3n) is 2.56. The van der Waals surface area contributed by atoms with Gasteiger partial charge in [0.2, 0.25) is 5.91 Å². The van der Waals surface area contributed by atoms with Crippen molar-refractivity contribution in [2.24, 2.45) is 11.1 Å². The minimum absolute atomic E-state index is 0.181. The number of nitrogens with zero attached hydrogens (tertiary/aromatic N) is 1. The molecule has 1 amide bonds. The quantitative estimate of drug-likeness (QED) is 0.640. The number of unbranched alkanes of at least 4 members (excludes halogenated alkanes) is 1. The SMILES string of the molecule is CCCCN(CC(N)=O)CC(C)(C)C(=O)OC. The molecule has 0 radical (unpaired) electrons. The van der Waals surface area contributed by atoms with Gasteiger partial charge in [-0.2, -0.15) is 0 Å². The average Bonchev–Trinajstić information content (AvgIpc) is 2.23. The number of rotatable bonds is 8. The molecule has 0 bridgehead atoms. The molecule has 5 heteroatoms. The lowest BCUT2D eigenvalue weighted by Crippen LogP contribution is -2.43. The van der Waals surface area contributed by atoms with Crippen molar-refractivity contribution in [3.63, 3.8) is 0 Å². The highest BCUT2D eigenvalue weighted by molar-refractivity contribution is 5.77. The second-order valence-corrected chi connectivity index (χ2v) is 4.91. The molecule has 17 heavy (non-hydrogen) atoms. The van der Waals surface area contributed by atoms with Crippen LogP contribution in [0.3, 0.4) is 0 Å². The van der Waals surface area contributed by atoms with Crippen LogP contribution >= 0.6 is 0 Å². The largest absolute Gasteiger partial charge is 0.469 e. The predicted molar refractivity (Wildman–Crippen MR) is 66.3 cm³/mol. The topological polar surface area (TPSA) is 72.6 Å². The highest BCUT2D eigenvalue weighted by atomic mass is 16.5. The van der Waals surface area contributed by atoms with Crippen LogP contribution in [0, 0.1) is 5.41 Å². The summed E-state index contributed by atoms with van der Waals surface area (Å²) in [5, 5.41) is 0. The maximum Gasteiger partial charge on any atom is 0.312 e. The van der Waals surface area contributed by atoms with E-state index in [0.29, 0.717) is 6.54 Å². The zero-order chi connectivity index (χ0) is 13.5. The summed E-state index contributed by atoms with van der Waals surface area (Å²) in [7, 11) is 1.37. The van der Waals surface area contributed by atoms with Crippen LogP contribution in [-0.2, 0) is 14.3 Å². The fourth-order valence-corrected chi connectivity index (χ4v) is 1.72. The lowest BCUT2D eigenvalue weighted by molar-refractivity contribution is -0.152. The summed E-state index contributed by atoms with van der Waals surface area (Å²) in [6.45, 7) is 7.11. The summed E-state index contributed by atoms with van der Waals surface area (Å²) in [6.07, 6.45) is 2.01. The number of methoxy groups -OCH3 is 1. The van der Waals surface area contributed by atoms with E-state index in [2.05, 4.69) is 6.92 Å². The lowest BCUT2D eigenvalue weighted by Gasteiger charge is -2.29. The summed E-state index contributed by atoms with van der Waals surface area (Å²) < 4.78 is 4.74. The third kappa shape index (κ3) is 6.26. The third-order valence-corrected chi connectivity index (χ3v) is 2.56. The van der Waals surface area contributed by atoms with E-state index in [1.54, 1.807) is 13.8 Å². The molecule has 0 saturated heterocycles. The Labute approximate surface area is 103 Å². The van der Waals surface area contributed by atoms with Crippen molar-refractivity contribution in [2.75, 3.05) is 26.7 Å². The van der Waals surface area contributed by atoms with Gasteiger partial charge in [0.15, 0.2) is 0 Å². The van der Waals surface area contributed by atoms with Gasteiger partial charge in [-0.1, -0.05) is 13.3 Å². The molecule has 0 unspecified atom stereocenters. The Hall–Kier alpha value is -1.10. The summed E-state index contributed by atoms with van der Waals surface area (Å²) in [6, 6.07) is 0. The Kier molecular flexibility index (Phi) is 6.80. The standard InChI is InChI=1S/C12H24N2O3/c1-5-6-7-14(8-10(13)15)9-12(2,3)11(16)17-4/h5-9H2,1-4H3,(H2,13,15). The number of esters is 1. The van der Waals surface area contributed by atoms with Gasteiger partial charge in [-0.15, -0.1) is 0 Å². The van der Waals surface area contributed by atoms with Crippen LogP contribution in [0.25, 0.3) is 0 Å². The zero-order valence-electron chi connectivity index (χ0n) is 11.3. The summed E-state index contributed by atoms with van der Waals surface area (Å²) in [5.74, 6) is -0.648. The van der Waals surface area contributed by atoms with Gasteiger partial charge >= 0.3 is 5.97 Å². The first-order chi connectivity index (χ1) is 7.83. The van der Waals surface area contributed by atoms with Crippen molar-refractivity contribution >= 4 is 11.9 Å². The number of ether oxygens (including phenoxy) is 1. The molecule has 0 aliphatic carbocycles. The van der Waals surface area contributed by atoms with Crippen molar-refractivity contribution in [3.8, 4) is 0 Å². The van der Waals surface area contributed by atoms with Crippen LogP contribution in [0.4, 0.5) is 0 Å². The Morgan fingerprint density at radius 1 is 1.35 bits per heavy atom. The molecule has 0 spiro atoms. The van der Waals surface area contributed by atoms with Gasteiger partial charge in [0.25, 0.3) is 0 Å². The van der Waals surface area contributed by atoms with Crippen molar-refractivity contribution in [3.05, 3.63) is 0 Å². The fraction of sp³-hybridized carbons (Fsp3) is 0.833. The molecular weight excluding hydrogens is 220 g/mol. The van der Waals surface area contributed by atoms with Crippen LogP contribution < -0.4 is 5.73 Å². The van der Waals surface area contributed by atoms with Crippen LogP contribution in [-0.4, -0.2) is 43.5 Å². The molecule has 2 N–H and O–H groups in total. The number of hydrogen-bond acceptors (Lipinski definition) is 4. The van der Waals surface area contributed by atoms with E-state index in [1.807, 2.05) is 4.90 Å². The highest BCUT2D eigenvalue weighted by Gasteiger charge is 2.31. The van der Waals surface area contributed by atoms with Gasteiger partial charge in [-0.25, -0.2) is 0 Å². The van der Waals surface area contributed by atoms with E-state index in [0.717, 1.165) is 19.4 Å². The normalized spacial score (nSPS) is 11.6. The van der Waals surface area contributed by atoms with E-state index in [9.17, 15) is 9.59 Å². The van der Waals surface area contributed by atoms with Crippen LogP contribution in [0.5, 0.6) is 0 Å². The van der Waals surface area contributed by atoms with Crippen LogP contribution in [0.1, 0.15) is 33.6 Å². The average molecular weight is 244 g/mol. The molecule has 100 valence electrons. The molecule has 0 aliphatic heterocycles. The van der Waals surface area contributed by atoms with Crippen molar-refractivity contribution in [1.29, 1.82) is 0 Å². The number of amides is 1. The number of carbonyl (C=O) groups is 2. The van der Waals surface area contributed by atoms with Crippen molar-refractivity contribution < 1.29 is 14.3 Å². The number of nitrogens with two attached hydrogens (primary N) is 1. The van der Waals surface area contributed by atoms with Gasteiger partial charge in [-0.3, -0.25) is 14.5 Å². The van der Waals surface area contributed by atoms with E-state index >= 15 is 0 Å². The van der Waals surface area contributed by atoms with E-state index in [1.165, 1.54) is 7.11 Å². The van der Waals surface area contributed by atoms with Gasteiger partial charge in [-0.05, 0) is 26.8 Å². The molecule has 0 fully saturated rings. The summed E-state index contributed by atoms with van der Waals surface area (Å²) >= 11 is 0. The molecule has 0 atom stereocenters. The number of primary amides is 1.